The van der Waals surface area contributed by atoms with Gasteiger partial charge in [0, 0.05) is 12.4 Å². The molecule has 19 heavy (non-hydrogen) atoms. The molecule has 0 aliphatic heterocycles. The van der Waals surface area contributed by atoms with E-state index in [0.717, 1.165) is 17.7 Å². The van der Waals surface area contributed by atoms with Crippen LogP contribution in [0, 0.1) is 0 Å². The first-order chi connectivity index (χ1) is 8.82. The van der Waals surface area contributed by atoms with Crippen LogP contribution in [0.25, 0.3) is 10.9 Å². The third-order valence-electron chi connectivity index (χ3n) is 3.03. The summed E-state index contributed by atoms with van der Waals surface area (Å²) >= 11 is 0. The highest BCUT2D eigenvalue weighted by atomic mass is 19.4. The molecule has 5 heteroatoms. The minimum absolute atomic E-state index is 0.189. The summed E-state index contributed by atoms with van der Waals surface area (Å²) in [4.78, 5) is 4.36. The molecule has 0 spiro atoms. The van der Waals surface area contributed by atoms with E-state index in [4.69, 9.17) is 0 Å². The molecule has 0 atom stereocenters. The Bertz CT molecular complexity index is 603. The van der Waals surface area contributed by atoms with E-state index in [1.54, 1.807) is 13.1 Å². The summed E-state index contributed by atoms with van der Waals surface area (Å²) in [5.74, 6) is 0.899. The molecule has 0 aliphatic carbocycles. The molecule has 0 saturated heterocycles. The molecule has 1 aromatic carbocycles. The van der Waals surface area contributed by atoms with E-state index < -0.39 is 11.7 Å². The molecule has 2 nitrogen and oxygen atoms in total. The second-order valence-corrected chi connectivity index (χ2v) is 4.74. The van der Waals surface area contributed by atoms with Crippen molar-refractivity contribution in [2.45, 2.75) is 25.9 Å². The fourth-order valence-electron chi connectivity index (χ4n) is 2.01. The highest BCUT2D eigenvalue weighted by Crippen LogP contribution is 2.33. The number of hydrogen-bond acceptors (Lipinski definition) is 2. The average molecular weight is 268 g/mol. The van der Waals surface area contributed by atoms with Gasteiger partial charge in [-0.25, -0.2) is 4.98 Å². The average Bonchev–Trinajstić information content (AvgIpc) is 2.35. The predicted octanol–water partition coefficient (Wildman–Crippen LogP) is 4.42. The molecule has 0 amide bonds. The number of hydrogen-bond donors (Lipinski definition) is 1. The van der Waals surface area contributed by atoms with Crippen LogP contribution in [-0.4, -0.2) is 12.0 Å². The summed E-state index contributed by atoms with van der Waals surface area (Å²) in [6.07, 6.45) is -4.33. The third kappa shape index (κ3) is 2.64. The Morgan fingerprint density at radius 2 is 1.84 bits per heavy atom. The van der Waals surface area contributed by atoms with Gasteiger partial charge in [0.05, 0.1) is 11.1 Å². The van der Waals surface area contributed by atoms with Gasteiger partial charge in [0.15, 0.2) is 0 Å². The molecule has 0 radical (unpaired) electrons. The fourth-order valence-corrected chi connectivity index (χ4v) is 2.01. The number of halogens is 3. The Labute approximate surface area is 109 Å². The molecule has 0 bridgehead atoms. The van der Waals surface area contributed by atoms with Gasteiger partial charge in [-0.2, -0.15) is 13.2 Å². The van der Waals surface area contributed by atoms with E-state index in [1.807, 2.05) is 13.8 Å². The van der Waals surface area contributed by atoms with Gasteiger partial charge in [0.2, 0.25) is 0 Å². The maximum atomic E-state index is 12.7. The van der Waals surface area contributed by atoms with Crippen molar-refractivity contribution in [1.29, 1.82) is 0 Å². The standard InChI is InChI=1S/C14H15F3N2/c1-8(2)11-7-9-6-10(14(15,16)17)4-5-12(9)19-13(11)18-3/h4-8H,1-3H3,(H,18,19). The lowest BCUT2D eigenvalue weighted by Gasteiger charge is -2.14. The number of aromatic nitrogens is 1. The molecule has 1 heterocycles. The molecule has 0 unspecified atom stereocenters. The van der Waals surface area contributed by atoms with E-state index in [1.165, 1.54) is 6.07 Å². The lowest BCUT2D eigenvalue weighted by Crippen LogP contribution is -2.05. The van der Waals surface area contributed by atoms with Crippen molar-refractivity contribution in [1.82, 2.24) is 4.98 Å². The molecule has 2 rings (SSSR count). The first-order valence-electron chi connectivity index (χ1n) is 6.02. The highest BCUT2D eigenvalue weighted by molar-refractivity contribution is 5.82. The molecule has 0 fully saturated rings. The van der Waals surface area contributed by atoms with Gasteiger partial charge >= 0.3 is 6.18 Å². The van der Waals surface area contributed by atoms with Gasteiger partial charge in [-0.3, -0.25) is 0 Å². The van der Waals surface area contributed by atoms with Crippen LogP contribution in [0.2, 0.25) is 0 Å². The van der Waals surface area contributed by atoms with E-state index in [2.05, 4.69) is 10.3 Å². The lowest BCUT2D eigenvalue weighted by atomic mass is 10.0. The van der Waals surface area contributed by atoms with Gasteiger partial charge in [-0.15, -0.1) is 0 Å². The number of rotatable bonds is 2. The first kappa shape index (κ1) is 13.6. The molecular weight excluding hydrogens is 253 g/mol. The van der Waals surface area contributed by atoms with Gasteiger partial charge in [-0.1, -0.05) is 13.8 Å². The zero-order chi connectivity index (χ0) is 14.2. The summed E-state index contributed by atoms with van der Waals surface area (Å²) in [5, 5.41) is 3.49. The maximum Gasteiger partial charge on any atom is 0.416 e. The van der Waals surface area contributed by atoms with Gasteiger partial charge in [0.25, 0.3) is 0 Å². The Kier molecular flexibility index (Phi) is 3.39. The van der Waals surface area contributed by atoms with Gasteiger partial charge in [0.1, 0.15) is 5.82 Å². The number of nitrogens with zero attached hydrogens (tertiary/aromatic N) is 1. The van der Waals surface area contributed by atoms with Crippen LogP contribution < -0.4 is 5.32 Å². The van der Waals surface area contributed by atoms with Crippen LogP contribution in [0.4, 0.5) is 19.0 Å². The van der Waals surface area contributed by atoms with Gasteiger partial charge in [-0.05, 0) is 35.7 Å². The predicted molar refractivity (Wildman–Crippen MR) is 70.4 cm³/mol. The molecule has 2 aromatic rings. The monoisotopic (exact) mass is 268 g/mol. The summed E-state index contributed by atoms with van der Waals surface area (Å²) in [6, 6.07) is 5.38. The number of benzene rings is 1. The quantitative estimate of drug-likeness (QED) is 0.872. The number of anilines is 1. The van der Waals surface area contributed by atoms with Crippen molar-refractivity contribution in [2.75, 3.05) is 12.4 Å². The second kappa shape index (κ2) is 4.72. The molecule has 1 N–H and O–H groups in total. The Morgan fingerprint density at radius 1 is 1.16 bits per heavy atom. The Hall–Kier alpha value is -1.78. The molecule has 1 aromatic heterocycles. The van der Waals surface area contributed by atoms with Crippen molar-refractivity contribution >= 4 is 16.7 Å². The summed E-state index contributed by atoms with van der Waals surface area (Å²) in [6.45, 7) is 3.97. The van der Waals surface area contributed by atoms with Crippen LogP contribution in [0.15, 0.2) is 24.3 Å². The Morgan fingerprint density at radius 3 is 2.37 bits per heavy atom. The zero-order valence-corrected chi connectivity index (χ0v) is 11.0. The summed E-state index contributed by atoms with van der Waals surface area (Å²) in [7, 11) is 1.75. The number of nitrogens with one attached hydrogen (secondary N) is 1. The summed E-state index contributed by atoms with van der Waals surface area (Å²) < 4.78 is 38.1. The fraction of sp³-hybridized carbons (Fsp3) is 0.357. The van der Waals surface area contributed by atoms with Crippen LogP contribution in [0.5, 0.6) is 0 Å². The molecular formula is C14H15F3N2. The minimum atomic E-state index is -4.33. The van der Waals surface area contributed by atoms with Crippen LogP contribution >= 0.6 is 0 Å². The minimum Gasteiger partial charge on any atom is -0.373 e. The topological polar surface area (TPSA) is 24.9 Å². The Balaban J connectivity index is 2.66. The summed E-state index contributed by atoms with van der Waals surface area (Å²) in [5.41, 5.74) is 0.824. The van der Waals surface area contributed by atoms with E-state index in [0.29, 0.717) is 16.7 Å². The molecule has 0 aliphatic rings. The van der Waals surface area contributed by atoms with Crippen molar-refractivity contribution < 1.29 is 13.2 Å². The number of pyridine rings is 1. The second-order valence-electron chi connectivity index (χ2n) is 4.74. The molecule has 102 valence electrons. The van der Waals surface area contributed by atoms with E-state index in [-0.39, 0.29) is 5.92 Å². The van der Waals surface area contributed by atoms with E-state index in [9.17, 15) is 13.2 Å². The molecule has 0 saturated carbocycles. The number of fused-ring (bicyclic) bond motifs is 1. The van der Waals surface area contributed by atoms with Crippen molar-refractivity contribution in [3.05, 3.63) is 35.4 Å². The lowest BCUT2D eigenvalue weighted by molar-refractivity contribution is -0.137. The van der Waals surface area contributed by atoms with E-state index >= 15 is 0 Å². The van der Waals surface area contributed by atoms with Crippen LogP contribution in [-0.2, 0) is 6.18 Å². The first-order valence-corrected chi connectivity index (χ1v) is 6.02. The zero-order valence-electron chi connectivity index (χ0n) is 11.0. The smallest absolute Gasteiger partial charge is 0.373 e. The van der Waals surface area contributed by atoms with Crippen LogP contribution in [0.1, 0.15) is 30.9 Å². The van der Waals surface area contributed by atoms with Crippen molar-refractivity contribution in [3.63, 3.8) is 0 Å². The SMILES string of the molecule is CNc1nc2ccc(C(F)(F)F)cc2cc1C(C)C. The normalized spacial score (nSPS) is 12.2. The maximum absolute atomic E-state index is 12.7. The highest BCUT2D eigenvalue weighted by Gasteiger charge is 2.30. The van der Waals surface area contributed by atoms with Gasteiger partial charge < -0.3 is 5.32 Å². The van der Waals surface area contributed by atoms with Crippen molar-refractivity contribution in [3.8, 4) is 0 Å². The number of alkyl halides is 3. The van der Waals surface area contributed by atoms with Crippen LogP contribution in [0.3, 0.4) is 0 Å². The largest absolute Gasteiger partial charge is 0.416 e. The third-order valence-corrected chi connectivity index (χ3v) is 3.03. The van der Waals surface area contributed by atoms with Crippen molar-refractivity contribution in [2.24, 2.45) is 0 Å².